The molecule has 0 saturated carbocycles. The Bertz CT molecular complexity index is 1250. The molecular formula is C25H32O15. The van der Waals surface area contributed by atoms with Crippen LogP contribution in [0.4, 0.5) is 0 Å². The van der Waals surface area contributed by atoms with Gasteiger partial charge in [0.25, 0.3) is 29.8 Å². The molecule has 15 nitrogen and oxygen atoms in total. The predicted octanol–water partition coefficient (Wildman–Crippen LogP) is 3.28. The first-order valence-electron chi connectivity index (χ1n) is 10.6. The molecule has 0 heterocycles. The van der Waals surface area contributed by atoms with E-state index in [1.165, 1.54) is 12.1 Å². The minimum Gasteiger partial charge on any atom is -0.507 e. The maximum Gasteiger partial charge on any atom is 0.300 e. The van der Waals surface area contributed by atoms with Crippen molar-refractivity contribution in [3.8, 4) is 28.7 Å². The van der Waals surface area contributed by atoms with E-state index in [-0.39, 0.29) is 33.4 Å². The molecule has 222 valence electrons. The van der Waals surface area contributed by atoms with Crippen LogP contribution in [0.2, 0.25) is 0 Å². The van der Waals surface area contributed by atoms with Crippen molar-refractivity contribution in [2.45, 2.75) is 41.5 Å². The van der Waals surface area contributed by atoms with Crippen molar-refractivity contribution in [2.75, 3.05) is 0 Å². The number of phenolic OH excluding ortho intramolecular Hbond substituents is 5. The van der Waals surface area contributed by atoms with Crippen LogP contribution in [0.5, 0.6) is 28.7 Å². The predicted molar refractivity (Wildman–Crippen MR) is 141 cm³/mol. The van der Waals surface area contributed by atoms with Gasteiger partial charge in [-0.2, -0.15) is 0 Å². The molecule has 0 aliphatic carbocycles. The van der Waals surface area contributed by atoms with Gasteiger partial charge in [-0.05, 0) is 30.0 Å². The third kappa shape index (κ3) is 17.9. The highest BCUT2D eigenvalue weighted by Crippen LogP contribution is 2.48. The Morgan fingerprint density at radius 3 is 1.15 bits per heavy atom. The molecule has 0 atom stereocenters. The summed E-state index contributed by atoms with van der Waals surface area (Å²) in [6.45, 7) is 7.19. The Labute approximate surface area is 227 Å². The largest absolute Gasteiger partial charge is 0.507 e. The molecule has 0 fully saturated rings. The monoisotopic (exact) mass is 572 g/mol. The van der Waals surface area contributed by atoms with Gasteiger partial charge in [-0.1, -0.05) is 6.07 Å². The zero-order valence-electron chi connectivity index (χ0n) is 22.3. The summed E-state index contributed by atoms with van der Waals surface area (Å²) in [6, 6.07) is 5.64. The lowest BCUT2D eigenvalue weighted by atomic mass is 9.98. The quantitative estimate of drug-likeness (QED) is 0.105. The number of fused-ring (bicyclic) bond motifs is 2. The highest BCUT2D eigenvalue weighted by Gasteiger charge is 2.18. The van der Waals surface area contributed by atoms with Crippen LogP contribution >= 0.6 is 0 Å². The molecule has 0 aliphatic heterocycles. The summed E-state index contributed by atoms with van der Waals surface area (Å²) in [5, 5.41) is 87.3. The fourth-order valence-corrected chi connectivity index (χ4v) is 2.50. The summed E-state index contributed by atoms with van der Waals surface area (Å²) in [6.07, 6.45) is 0. The van der Waals surface area contributed by atoms with Gasteiger partial charge < -0.3 is 51.1 Å². The van der Waals surface area contributed by atoms with Gasteiger partial charge in [0.15, 0.2) is 11.5 Å². The third-order valence-corrected chi connectivity index (χ3v) is 3.36. The van der Waals surface area contributed by atoms with Crippen LogP contribution in [-0.4, -0.2) is 80.9 Å². The fourth-order valence-electron chi connectivity index (χ4n) is 2.50. The molecular weight excluding hydrogens is 540 g/mol. The number of phenols is 5. The maximum atomic E-state index is 10.3. The Morgan fingerprint density at radius 1 is 0.475 bits per heavy atom. The highest BCUT2D eigenvalue weighted by atomic mass is 16.4. The first-order valence-corrected chi connectivity index (χ1v) is 10.6. The van der Waals surface area contributed by atoms with E-state index >= 15 is 0 Å². The van der Waals surface area contributed by atoms with Gasteiger partial charge in [0.2, 0.25) is 0 Å². The van der Waals surface area contributed by atoms with Crippen LogP contribution in [0.3, 0.4) is 0 Å². The zero-order chi connectivity index (χ0) is 32.5. The number of carbonyl (C=O) groups is 5. The summed E-state index contributed by atoms with van der Waals surface area (Å²) in [5.41, 5.74) is 0.776. The van der Waals surface area contributed by atoms with E-state index in [0.717, 1.165) is 46.2 Å². The summed E-state index contributed by atoms with van der Waals surface area (Å²) < 4.78 is 0. The molecule has 0 saturated heterocycles. The number of aromatic hydroxyl groups is 5. The van der Waals surface area contributed by atoms with E-state index in [1.54, 1.807) is 13.0 Å². The maximum absolute atomic E-state index is 10.3. The van der Waals surface area contributed by atoms with Gasteiger partial charge in [-0.3, -0.25) is 24.0 Å². The van der Waals surface area contributed by atoms with Crippen LogP contribution in [-0.2, 0) is 24.0 Å². The van der Waals surface area contributed by atoms with Crippen molar-refractivity contribution in [1.82, 2.24) is 0 Å². The minimum atomic E-state index is -0.833. The standard InChI is InChI=1S/C15H12O5.5C2H4O2/c1-6-2-7-4-8-13(10(17)5-11(18)14(8)19)15(20)12(7)9(16)3-6;5*1-2(3)4/h2-5,16-20H,1H3;5*1H3,(H,3,4). The van der Waals surface area contributed by atoms with Crippen LogP contribution < -0.4 is 0 Å². The van der Waals surface area contributed by atoms with Crippen molar-refractivity contribution >= 4 is 51.4 Å². The van der Waals surface area contributed by atoms with Crippen molar-refractivity contribution in [3.63, 3.8) is 0 Å². The molecule has 0 unspecified atom stereocenters. The molecule has 40 heavy (non-hydrogen) atoms. The van der Waals surface area contributed by atoms with E-state index in [0.29, 0.717) is 5.39 Å². The van der Waals surface area contributed by atoms with Gasteiger partial charge in [0.05, 0.1) is 10.8 Å². The second kappa shape index (κ2) is 18.7. The number of carboxylic acids is 5. The molecule has 3 aromatic carbocycles. The molecule has 3 aromatic rings. The lowest BCUT2D eigenvalue weighted by Crippen LogP contribution is -1.84. The average Bonchev–Trinajstić information content (AvgIpc) is 2.69. The van der Waals surface area contributed by atoms with E-state index in [2.05, 4.69) is 0 Å². The number of carboxylic acid groups (broad SMARTS) is 5. The summed E-state index contributed by atoms with van der Waals surface area (Å²) in [4.78, 5) is 45.0. The van der Waals surface area contributed by atoms with Crippen molar-refractivity contribution in [1.29, 1.82) is 0 Å². The molecule has 15 heteroatoms. The Hall–Kier alpha value is -5.47. The molecule has 10 N–H and O–H groups in total. The zero-order valence-corrected chi connectivity index (χ0v) is 22.3. The molecule has 0 aliphatic rings. The summed E-state index contributed by atoms with van der Waals surface area (Å²) >= 11 is 0. The van der Waals surface area contributed by atoms with E-state index in [4.69, 9.17) is 49.5 Å². The molecule has 0 aromatic heterocycles. The number of hydrogen-bond acceptors (Lipinski definition) is 10. The molecule has 0 amide bonds. The third-order valence-electron chi connectivity index (χ3n) is 3.36. The number of rotatable bonds is 0. The van der Waals surface area contributed by atoms with Crippen molar-refractivity contribution < 1.29 is 75.0 Å². The second-order valence-corrected chi connectivity index (χ2v) is 7.39. The smallest absolute Gasteiger partial charge is 0.300 e. The van der Waals surface area contributed by atoms with E-state index in [1.807, 2.05) is 0 Å². The lowest BCUT2D eigenvalue weighted by Gasteiger charge is -2.12. The number of hydrogen-bond donors (Lipinski definition) is 10. The Balaban J connectivity index is -0.000000561. The van der Waals surface area contributed by atoms with Crippen LogP contribution in [0.25, 0.3) is 21.5 Å². The molecule has 0 radical (unpaired) electrons. The van der Waals surface area contributed by atoms with Crippen molar-refractivity contribution in [2.24, 2.45) is 0 Å². The second-order valence-electron chi connectivity index (χ2n) is 7.39. The Kier molecular flexibility index (Phi) is 18.3. The fraction of sp³-hybridized carbons (Fsp3) is 0.240. The number of aryl methyl sites for hydroxylation is 1. The number of benzene rings is 3. The number of aliphatic carboxylic acids is 5. The van der Waals surface area contributed by atoms with Gasteiger partial charge in [-0.15, -0.1) is 0 Å². The molecule has 0 bridgehead atoms. The minimum absolute atomic E-state index is 0.0213. The Morgan fingerprint density at radius 2 is 0.800 bits per heavy atom. The van der Waals surface area contributed by atoms with Gasteiger partial charge in [0, 0.05) is 46.1 Å². The van der Waals surface area contributed by atoms with Gasteiger partial charge in [0.1, 0.15) is 17.2 Å². The van der Waals surface area contributed by atoms with Gasteiger partial charge >= 0.3 is 0 Å². The normalized spacial score (nSPS) is 8.75. The average molecular weight is 573 g/mol. The van der Waals surface area contributed by atoms with Gasteiger partial charge in [-0.25, -0.2) is 0 Å². The summed E-state index contributed by atoms with van der Waals surface area (Å²) in [5.74, 6) is -5.93. The lowest BCUT2D eigenvalue weighted by molar-refractivity contribution is -0.135. The SMILES string of the molecule is CC(=O)O.CC(=O)O.CC(=O)O.CC(=O)O.CC(=O)O.Cc1cc(O)c2c(O)c3c(O)cc(O)c(O)c3cc2c1. The molecule has 0 spiro atoms. The van der Waals surface area contributed by atoms with Crippen molar-refractivity contribution in [3.05, 3.63) is 29.8 Å². The first kappa shape index (κ1) is 39.0. The van der Waals surface area contributed by atoms with Crippen LogP contribution in [0, 0.1) is 6.92 Å². The highest BCUT2D eigenvalue weighted by molar-refractivity contribution is 6.12. The van der Waals surface area contributed by atoms with Crippen LogP contribution in [0.15, 0.2) is 24.3 Å². The first-order chi connectivity index (χ1) is 18.1. The summed E-state index contributed by atoms with van der Waals surface area (Å²) in [7, 11) is 0. The van der Waals surface area contributed by atoms with Crippen LogP contribution in [0.1, 0.15) is 40.2 Å². The molecule has 3 rings (SSSR count). The van der Waals surface area contributed by atoms with E-state index < -0.39 is 41.3 Å². The topological polar surface area (TPSA) is 288 Å². The van der Waals surface area contributed by atoms with E-state index in [9.17, 15) is 25.5 Å².